The van der Waals surface area contributed by atoms with Gasteiger partial charge in [0.25, 0.3) is 0 Å². The molecule has 0 aromatic heterocycles. The molecule has 0 bridgehead atoms. The monoisotopic (exact) mass is 543 g/mol. The summed E-state index contributed by atoms with van der Waals surface area (Å²) < 4.78 is 10.6. The zero-order chi connectivity index (χ0) is 26.3. The standard InChI is InChI=1S/C25H35N3O7S.Na/c1-25(2)15-18-21(23(31)28(18)22(25)24(32)33)27-19(29)8-5-16-3-6-17(7-4-16)26-20(30)9-10-34-11-12-35-13-14-36;/h3-4,6-7,18,21-22,36H,5,8-15H2,1-2H3,(H,26,30)(H,27,29)(H,32,33);/q;+1/p-1/t18-,21+,22+;/m1./s1. The molecule has 0 radical (unpaired) electrons. The summed E-state index contributed by atoms with van der Waals surface area (Å²) in [6, 6.07) is 5.22. The zero-order valence-electron chi connectivity index (χ0n) is 21.7. The minimum Gasteiger partial charge on any atom is -0.548 e. The summed E-state index contributed by atoms with van der Waals surface area (Å²) in [7, 11) is 0. The number of hydrogen-bond donors (Lipinski definition) is 3. The normalized spacial score (nSPS) is 21.4. The SMILES string of the molecule is CC1(C)C[C@@H]2[C@H](NC(=O)CCc3ccc(NC(=O)CCOCCOCCS)cc3)C(=O)N2[C@H]1C(=O)[O-].[Na+]. The van der Waals surface area contributed by atoms with Gasteiger partial charge in [0.1, 0.15) is 6.04 Å². The zero-order valence-corrected chi connectivity index (χ0v) is 24.6. The summed E-state index contributed by atoms with van der Waals surface area (Å²) in [5, 5.41) is 17.1. The third kappa shape index (κ3) is 8.43. The Hall–Kier alpha value is -1.63. The number of carbonyl (C=O) groups excluding carboxylic acids is 4. The molecule has 0 unspecified atom stereocenters. The number of fused-ring (bicyclic) bond motifs is 1. The fraction of sp³-hybridized carbons (Fsp3) is 0.600. The van der Waals surface area contributed by atoms with Crippen molar-refractivity contribution in [1.82, 2.24) is 10.2 Å². The van der Waals surface area contributed by atoms with Crippen molar-refractivity contribution in [2.75, 3.05) is 37.5 Å². The maximum absolute atomic E-state index is 12.5. The molecule has 2 N–H and O–H groups in total. The van der Waals surface area contributed by atoms with E-state index in [9.17, 15) is 24.3 Å². The van der Waals surface area contributed by atoms with E-state index >= 15 is 0 Å². The number of rotatable bonds is 14. The number of aryl methyl sites for hydroxylation is 1. The van der Waals surface area contributed by atoms with Gasteiger partial charge in [0.15, 0.2) is 0 Å². The van der Waals surface area contributed by atoms with E-state index in [-0.39, 0.29) is 66.2 Å². The van der Waals surface area contributed by atoms with Gasteiger partial charge in [-0.25, -0.2) is 0 Å². The fourth-order valence-electron chi connectivity index (χ4n) is 4.75. The van der Waals surface area contributed by atoms with Crippen LogP contribution in [0, 0.1) is 5.41 Å². The van der Waals surface area contributed by atoms with Crippen molar-refractivity contribution in [3.8, 4) is 0 Å². The number of carboxylic acid groups (broad SMARTS) is 1. The molecule has 3 rings (SSSR count). The molecule has 0 spiro atoms. The van der Waals surface area contributed by atoms with Crippen molar-refractivity contribution >= 4 is 42.0 Å². The van der Waals surface area contributed by atoms with Crippen molar-refractivity contribution in [1.29, 1.82) is 0 Å². The smallest absolute Gasteiger partial charge is 0.548 e. The topological polar surface area (TPSA) is 137 Å². The number of carbonyl (C=O) groups is 4. The van der Waals surface area contributed by atoms with Crippen LogP contribution < -0.4 is 45.3 Å². The third-order valence-corrected chi connectivity index (χ3v) is 6.70. The molecular weight excluding hydrogens is 509 g/mol. The number of nitrogens with one attached hydrogen (secondary N) is 2. The number of benzene rings is 1. The predicted octanol–water partition coefficient (Wildman–Crippen LogP) is -2.84. The van der Waals surface area contributed by atoms with Crippen LogP contribution in [0.1, 0.15) is 38.7 Å². The molecule has 3 atom stereocenters. The Labute approximate surface area is 244 Å². The fourth-order valence-corrected chi connectivity index (χ4v) is 4.88. The Morgan fingerprint density at radius 2 is 1.70 bits per heavy atom. The van der Waals surface area contributed by atoms with Crippen LogP contribution in [0.15, 0.2) is 24.3 Å². The van der Waals surface area contributed by atoms with Crippen LogP contribution in [0.3, 0.4) is 0 Å². The quantitative estimate of drug-likeness (QED) is 0.0995. The van der Waals surface area contributed by atoms with Crippen molar-refractivity contribution in [3.05, 3.63) is 29.8 Å². The Morgan fingerprint density at radius 1 is 1.05 bits per heavy atom. The molecule has 2 heterocycles. The number of amides is 3. The van der Waals surface area contributed by atoms with E-state index < -0.39 is 23.5 Å². The van der Waals surface area contributed by atoms with Crippen molar-refractivity contribution in [2.24, 2.45) is 5.41 Å². The molecule has 1 aromatic rings. The number of anilines is 1. The van der Waals surface area contributed by atoms with Crippen LogP contribution >= 0.6 is 12.6 Å². The molecule has 3 amide bonds. The molecule has 2 aliphatic rings. The Balaban J connectivity index is 0.00000481. The number of hydrogen-bond acceptors (Lipinski definition) is 8. The van der Waals surface area contributed by atoms with Gasteiger partial charge in [-0.1, -0.05) is 26.0 Å². The molecule has 0 aliphatic carbocycles. The van der Waals surface area contributed by atoms with Crippen LogP contribution in [-0.2, 0) is 35.1 Å². The maximum Gasteiger partial charge on any atom is 1.00 e. The number of carboxylic acids is 1. The van der Waals surface area contributed by atoms with Crippen LogP contribution in [0.2, 0.25) is 0 Å². The molecule has 2 fully saturated rings. The van der Waals surface area contributed by atoms with Gasteiger partial charge < -0.3 is 34.9 Å². The van der Waals surface area contributed by atoms with Gasteiger partial charge in [0, 0.05) is 17.9 Å². The van der Waals surface area contributed by atoms with E-state index in [0.717, 1.165) is 5.56 Å². The summed E-state index contributed by atoms with van der Waals surface area (Å²) in [4.78, 5) is 49.8. The molecule has 0 saturated carbocycles. The summed E-state index contributed by atoms with van der Waals surface area (Å²) in [6.07, 6.45) is 1.37. The van der Waals surface area contributed by atoms with Gasteiger partial charge >= 0.3 is 29.6 Å². The van der Waals surface area contributed by atoms with E-state index in [4.69, 9.17) is 9.47 Å². The summed E-state index contributed by atoms with van der Waals surface area (Å²) >= 11 is 4.04. The van der Waals surface area contributed by atoms with E-state index in [1.54, 1.807) is 26.0 Å². The predicted molar refractivity (Wildman–Crippen MR) is 133 cm³/mol. The van der Waals surface area contributed by atoms with Crippen LogP contribution in [0.4, 0.5) is 5.69 Å². The Kier molecular flexibility index (Phi) is 12.4. The number of nitrogens with zero attached hydrogens (tertiary/aromatic N) is 1. The molecular formula is C25H34N3NaO7S. The number of thiol groups is 1. The van der Waals surface area contributed by atoms with Gasteiger partial charge in [-0.2, -0.15) is 12.6 Å². The minimum atomic E-state index is -1.26. The van der Waals surface area contributed by atoms with E-state index in [1.807, 2.05) is 12.1 Å². The first-order valence-corrected chi connectivity index (χ1v) is 12.7. The molecule has 37 heavy (non-hydrogen) atoms. The average Bonchev–Trinajstić information content (AvgIpc) is 3.09. The summed E-state index contributed by atoms with van der Waals surface area (Å²) in [6.45, 7) is 5.35. The van der Waals surface area contributed by atoms with Crippen LogP contribution in [-0.4, -0.2) is 78.9 Å². The van der Waals surface area contributed by atoms with E-state index in [0.29, 0.717) is 50.7 Å². The summed E-state index contributed by atoms with van der Waals surface area (Å²) in [5.41, 5.74) is 0.953. The maximum atomic E-state index is 12.5. The van der Waals surface area contributed by atoms with Gasteiger partial charge in [0.2, 0.25) is 17.7 Å². The van der Waals surface area contributed by atoms with Gasteiger partial charge in [-0.3, -0.25) is 14.4 Å². The molecule has 10 nitrogen and oxygen atoms in total. The molecule has 2 saturated heterocycles. The second-order valence-corrected chi connectivity index (χ2v) is 10.2. The second-order valence-electron chi connectivity index (χ2n) is 9.72. The van der Waals surface area contributed by atoms with Gasteiger partial charge in [-0.15, -0.1) is 0 Å². The van der Waals surface area contributed by atoms with Crippen molar-refractivity contribution < 1.29 is 63.3 Å². The first kappa shape index (κ1) is 31.6. The molecule has 2 aliphatic heterocycles. The van der Waals surface area contributed by atoms with Crippen molar-refractivity contribution in [3.63, 3.8) is 0 Å². The number of β-lactam (4-membered cyclic amide) rings is 1. The van der Waals surface area contributed by atoms with Gasteiger partial charge in [0.05, 0.1) is 50.9 Å². The number of ether oxygens (including phenoxy) is 2. The second kappa shape index (κ2) is 14.5. The number of aliphatic carboxylic acids is 1. The van der Waals surface area contributed by atoms with Crippen LogP contribution in [0.25, 0.3) is 0 Å². The van der Waals surface area contributed by atoms with E-state index in [2.05, 4.69) is 23.3 Å². The van der Waals surface area contributed by atoms with Gasteiger partial charge in [-0.05, 0) is 36.0 Å². The largest absolute Gasteiger partial charge is 1.00 e. The molecule has 12 heteroatoms. The first-order valence-electron chi connectivity index (χ1n) is 12.1. The summed E-state index contributed by atoms with van der Waals surface area (Å²) in [5.74, 6) is -1.41. The average molecular weight is 544 g/mol. The molecule has 1 aromatic carbocycles. The minimum absolute atomic E-state index is 0. The van der Waals surface area contributed by atoms with Crippen molar-refractivity contribution in [2.45, 2.75) is 57.7 Å². The Morgan fingerprint density at radius 3 is 2.32 bits per heavy atom. The van der Waals surface area contributed by atoms with Crippen LogP contribution in [0.5, 0.6) is 0 Å². The molecule has 198 valence electrons. The van der Waals surface area contributed by atoms with E-state index in [1.165, 1.54) is 4.90 Å². The first-order chi connectivity index (χ1) is 17.1. The third-order valence-electron chi connectivity index (χ3n) is 6.52. The Bertz CT molecular complexity index is 960.